The fourth-order valence-corrected chi connectivity index (χ4v) is 1.24. The molecule has 0 aliphatic heterocycles. The van der Waals surface area contributed by atoms with Crippen molar-refractivity contribution < 1.29 is 19.4 Å². The highest BCUT2D eigenvalue weighted by Crippen LogP contribution is 2.15. The molecule has 0 saturated heterocycles. The van der Waals surface area contributed by atoms with E-state index in [-0.39, 0.29) is 12.5 Å². The summed E-state index contributed by atoms with van der Waals surface area (Å²) >= 11 is 0. The summed E-state index contributed by atoms with van der Waals surface area (Å²) < 4.78 is 4.66. The lowest BCUT2D eigenvalue weighted by Gasteiger charge is -2.21. The molecule has 0 rings (SSSR count). The van der Waals surface area contributed by atoms with Crippen molar-refractivity contribution in [3.63, 3.8) is 0 Å². The third kappa shape index (κ3) is 3.33. The first-order valence-electron chi connectivity index (χ1n) is 4.56. The van der Waals surface area contributed by atoms with Gasteiger partial charge in [0.15, 0.2) is 0 Å². The number of hydrogen-bond donors (Lipinski definition) is 2. The van der Waals surface area contributed by atoms with Crippen molar-refractivity contribution in [1.82, 2.24) is 0 Å². The third-order valence-corrected chi connectivity index (χ3v) is 1.95. The first kappa shape index (κ1) is 12.9. The van der Waals surface area contributed by atoms with Gasteiger partial charge >= 0.3 is 11.9 Å². The number of nitrogens with two attached hydrogens (primary N) is 1. The first-order valence-corrected chi connectivity index (χ1v) is 4.56. The van der Waals surface area contributed by atoms with Crippen LogP contribution in [0, 0.1) is 11.8 Å². The van der Waals surface area contributed by atoms with Crippen molar-refractivity contribution >= 4 is 11.9 Å². The van der Waals surface area contributed by atoms with E-state index in [1.807, 2.05) is 0 Å². The molecule has 0 bridgehead atoms. The van der Waals surface area contributed by atoms with Gasteiger partial charge < -0.3 is 15.6 Å². The zero-order valence-electron chi connectivity index (χ0n) is 8.69. The van der Waals surface area contributed by atoms with Crippen LogP contribution in [-0.4, -0.2) is 29.7 Å². The highest BCUT2D eigenvalue weighted by atomic mass is 16.5. The maximum absolute atomic E-state index is 11.2. The van der Waals surface area contributed by atoms with Crippen LogP contribution < -0.4 is 5.73 Å². The van der Waals surface area contributed by atoms with E-state index < -0.39 is 23.9 Å². The van der Waals surface area contributed by atoms with E-state index in [0.29, 0.717) is 0 Å². The Balaban J connectivity index is 4.51. The lowest BCUT2D eigenvalue weighted by Crippen LogP contribution is -2.45. The normalized spacial score (nSPS) is 14.9. The van der Waals surface area contributed by atoms with E-state index in [1.165, 1.54) is 0 Å². The van der Waals surface area contributed by atoms with Gasteiger partial charge in [0.25, 0.3) is 0 Å². The molecule has 5 nitrogen and oxygen atoms in total. The SMILES string of the molecule is CCOC(=O)[C@H](N)[C@@H](C(=O)O)C(C)C. The fourth-order valence-electron chi connectivity index (χ4n) is 1.24. The van der Waals surface area contributed by atoms with Gasteiger partial charge in [0, 0.05) is 0 Å². The van der Waals surface area contributed by atoms with Crippen molar-refractivity contribution in [2.45, 2.75) is 26.8 Å². The lowest BCUT2D eigenvalue weighted by molar-refractivity contribution is -0.154. The van der Waals surface area contributed by atoms with Gasteiger partial charge in [-0.15, -0.1) is 0 Å². The molecule has 0 spiro atoms. The van der Waals surface area contributed by atoms with Gasteiger partial charge in [0.1, 0.15) is 6.04 Å². The predicted octanol–water partition coefficient (Wildman–Crippen LogP) is 0.234. The van der Waals surface area contributed by atoms with E-state index in [9.17, 15) is 9.59 Å². The number of esters is 1. The van der Waals surface area contributed by atoms with Crippen molar-refractivity contribution in [2.75, 3.05) is 6.61 Å². The molecular formula is C9H17NO4. The maximum atomic E-state index is 11.2. The highest BCUT2D eigenvalue weighted by Gasteiger charge is 2.34. The molecule has 0 aliphatic rings. The fraction of sp³-hybridized carbons (Fsp3) is 0.778. The third-order valence-electron chi connectivity index (χ3n) is 1.95. The minimum absolute atomic E-state index is 0.202. The minimum atomic E-state index is -1.09. The number of carbonyl (C=O) groups excluding carboxylic acids is 1. The summed E-state index contributed by atoms with van der Waals surface area (Å²) in [5.41, 5.74) is 5.49. The Morgan fingerprint density at radius 2 is 1.93 bits per heavy atom. The standard InChI is InChI=1S/C9H17NO4/c1-4-14-9(13)7(10)6(5(2)3)8(11)12/h5-7H,4,10H2,1-3H3,(H,11,12)/t6-,7+/m0/s1. The Hall–Kier alpha value is -1.10. The van der Waals surface area contributed by atoms with Crippen molar-refractivity contribution in [3.05, 3.63) is 0 Å². The Bertz CT molecular complexity index is 215. The van der Waals surface area contributed by atoms with Gasteiger partial charge in [-0.25, -0.2) is 0 Å². The van der Waals surface area contributed by atoms with E-state index in [2.05, 4.69) is 4.74 Å². The molecule has 0 aromatic heterocycles. The van der Waals surface area contributed by atoms with Gasteiger partial charge in [-0.1, -0.05) is 13.8 Å². The average molecular weight is 203 g/mol. The number of carboxylic acids is 1. The summed E-state index contributed by atoms with van der Waals surface area (Å²) in [4.78, 5) is 22.0. The Kier molecular flexibility index (Phi) is 5.15. The Labute approximate surface area is 83.2 Å². The second kappa shape index (κ2) is 5.59. The van der Waals surface area contributed by atoms with Crippen LogP contribution in [0.5, 0.6) is 0 Å². The van der Waals surface area contributed by atoms with Crippen molar-refractivity contribution in [3.8, 4) is 0 Å². The van der Waals surface area contributed by atoms with E-state index >= 15 is 0 Å². The van der Waals surface area contributed by atoms with Crippen LogP contribution in [0.3, 0.4) is 0 Å². The molecule has 14 heavy (non-hydrogen) atoms. The molecule has 0 aromatic carbocycles. The van der Waals surface area contributed by atoms with Crippen LogP contribution in [0.25, 0.3) is 0 Å². The summed E-state index contributed by atoms with van der Waals surface area (Å²) in [6.45, 7) is 5.27. The molecule has 0 fully saturated rings. The number of hydrogen-bond acceptors (Lipinski definition) is 4. The van der Waals surface area contributed by atoms with Crippen molar-refractivity contribution in [2.24, 2.45) is 17.6 Å². The predicted molar refractivity (Wildman–Crippen MR) is 50.6 cm³/mol. The molecule has 5 heteroatoms. The van der Waals surface area contributed by atoms with Crippen LogP contribution in [0.1, 0.15) is 20.8 Å². The number of ether oxygens (including phenoxy) is 1. The molecule has 2 atom stereocenters. The van der Waals surface area contributed by atoms with E-state index in [0.717, 1.165) is 0 Å². The highest BCUT2D eigenvalue weighted by molar-refractivity contribution is 5.83. The molecule has 0 radical (unpaired) electrons. The maximum Gasteiger partial charge on any atom is 0.323 e. The van der Waals surface area contributed by atoms with Crippen molar-refractivity contribution in [1.29, 1.82) is 0 Å². The smallest absolute Gasteiger partial charge is 0.323 e. The van der Waals surface area contributed by atoms with Gasteiger partial charge in [-0.3, -0.25) is 9.59 Å². The number of aliphatic carboxylic acids is 1. The largest absolute Gasteiger partial charge is 0.481 e. The molecule has 0 aromatic rings. The van der Waals surface area contributed by atoms with Gasteiger partial charge in [-0.2, -0.15) is 0 Å². The van der Waals surface area contributed by atoms with E-state index in [1.54, 1.807) is 20.8 Å². The molecule has 0 heterocycles. The topological polar surface area (TPSA) is 89.6 Å². The first-order chi connectivity index (χ1) is 6.41. The number of carboxylic acid groups (broad SMARTS) is 1. The zero-order valence-corrected chi connectivity index (χ0v) is 8.69. The number of carbonyl (C=O) groups is 2. The van der Waals surface area contributed by atoms with Gasteiger partial charge in [-0.05, 0) is 12.8 Å². The van der Waals surface area contributed by atoms with Gasteiger partial charge in [0.05, 0.1) is 12.5 Å². The molecular weight excluding hydrogens is 186 g/mol. The summed E-state index contributed by atoms with van der Waals surface area (Å²) in [6.07, 6.45) is 0. The molecule has 0 amide bonds. The lowest BCUT2D eigenvalue weighted by atomic mass is 9.89. The second-order valence-corrected chi connectivity index (χ2v) is 3.39. The van der Waals surface area contributed by atoms with Crippen LogP contribution >= 0.6 is 0 Å². The second-order valence-electron chi connectivity index (χ2n) is 3.39. The van der Waals surface area contributed by atoms with E-state index in [4.69, 9.17) is 10.8 Å². The van der Waals surface area contributed by atoms with Gasteiger partial charge in [0.2, 0.25) is 0 Å². The summed E-state index contributed by atoms with van der Waals surface area (Å²) in [7, 11) is 0. The monoisotopic (exact) mass is 203 g/mol. The molecule has 0 aliphatic carbocycles. The summed E-state index contributed by atoms with van der Waals surface area (Å²) in [6, 6.07) is -1.09. The summed E-state index contributed by atoms with van der Waals surface area (Å²) in [5, 5.41) is 8.84. The summed E-state index contributed by atoms with van der Waals surface area (Å²) in [5.74, 6) is -2.82. The van der Waals surface area contributed by atoms with Crippen LogP contribution in [0.4, 0.5) is 0 Å². The molecule has 0 unspecified atom stereocenters. The molecule has 82 valence electrons. The van der Waals surface area contributed by atoms with Crippen LogP contribution in [-0.2, 0) is 14.3 Å². The quantitative estimate of drug-likeness (QED) is 0.624. The average Bonchev–Trinajstić information content (AvgIpc) is 2.03. The zero-order chi connectivity index (χ0) is 11.3. The van der Waals surface area contributed by atoms with Crippen LogP contribution in [0.15, 0.2) is 0 Å². The molecule has 3 N–H and O–H groups in total. The number of rotatable bonds is 5. The van der Waals surface area contributed by atoms with Crippen LogP contribution in [0.2, 0.25) is 0 Å². The minimum Gasteiger partial charge on any atom is -0.481 e. The Morgan fingerprint density at radius 3 is 2.21 bits per heavy atom. The molecule has 0 saturated carbocycles. The Morgan fingerprint density at radius 1 is 1.43 bits per heavy atom.